The molecule has 148 valence electrons. The summed E-state index contributed by atoms with van der Waals surface area (Å²) in [6, 6.07) is 14.8. The number of benzene rings is 2. The summed E-state index contributed by atoms with van der Waals surface area (Å²) in [5.41, 5.74) is 1.91. The zero-order valence-electron chi connectivity index (χ0n) is 16.5. The van der Waals surface area contributed by atoms with E-state index in [2.05, 4.69) is 10.8 Å². The maximum Gasteiger partial charge on any atom is 0.254 e. The van der Waals surface area contributed by atoms with E-state index in [9.17, 15) is 13.2 Å². The molecule has 2 rings (SSSR count). The fourth-order valence-corrected chi connectivity index (χ4v) is 4.18. The van der Waals surface area contributed by atoms with E-state index in [4.69, 9.17) is 5.26 Å². The highest BCUT2D eigenvalue weighted by Gasteiger charge is 2.22. The first-order valence-electron chi connectivity index (χ1n) is 9.13. The third kappa shape index (κ3) is 4.97. The molecule has 0 aliphatic heterocycles. The molecule has 1 atom stereocenters. The topological polar surface area (TPSA) is 90.3 Å². The van der Waals surface area contributed by atoms with Gasteiger partial charge in [-0.1, -0.05) is 12.1 Å². The van der Waals surface area contributed by atoms with Crippen LogP contribution in [0.25, 0.3) is 0 Å². The lowest BCUT2D eigenvalue weighted by molar-refractivity contribution is 0.0702. The van der Waals surface area contributed by atoms with E-state index in [1.165, 1.54) is 24.3 Å². The average molecular weight is 400 g/mol. The van der Waals surface area contributed by atoms with Gasteiger partial charge in [-0.05, 0) is 69.7 Å². The molecule has 0 spiro atoms. The van der Waals surface area contributed by atoms with Crippen molar-refractivity contribution in [2.24, 2.45) is 0 Å². The van der Waals surface area contributed by atoms with Gasteiger partial charge in [0.2, 0.25) is 10.0 Å². The summed E-state index contributed by atoms with van der Waals surface area (Å²) in [4.78, 5) is 14.8. The molecule has 0 bridgehead atoms. The maximum absolute atomic E-state index is 13.0. The van der Waals surface area contributed by atoms with Crippen molar-refractivity contribution in [3.05, 3.63) is 65.2 Å². The molecule has 6 nitrogen and oxygen atoms in total. The first-order valence-corrected chi connectivity index (χ1v) is 10.6. The number of nitriles is 1. The van der Waals surface area contributed by atoms with Crippen LogP contribution in [0.15, 0.2) is 53.4 Å². The van der Waals surface area contributed by atoms with Gasteiger partial charge in [-0.3, -0.25) is 4.79 Å². The van der Waals surface area contributed by atoms with Crippen molar-refractivity contribution >= 4 is 15.9 Å². The normalized spacial score (nSPS) is 12.4. The van der Waals surface area contributed by atoms with Gasteiger partial charge < -0.3 is 4.90 Å². The van der Waals surface area contributed by atoms with Crippen LogP contribution in [-0.4, -0.2) is 31.8 Å². The minimum Gasteiger partial charge on any atom is -0.332 e. The quantitative estimate of drug-likeness (QED) is 0.772. The third-order valence-corrected chi connectivity index (χ3v) is 6.07. The summed E-state index contributed by atoms with van der Waals surface area (Å²) in [6.45, 7) is 7.81. The zero-order chi connectivity index (χ0) is 20.9. The van der Waals surface area contributed by atoms with Gasteiger partial charge in [0.05, 0.1) is 22.6 Å². The molecule has 0 aromatic heterocycles. The number of hydrogen-bond acceptors (Lipinski definition) is 4. The monoisotopic (exact) mass is 399 g/mol. The van der Waals surface area contributed by atoms with Crippen LogP contribution < -0.4 is 4.72 Å². The molecule has 0 saturated heterocycles. The number of carbonyl (C=O) groups excluding carboxylic acids is 1. The van der Waals surface area contributed by atoms with Crippen molar-refractivity contribution in [2.45, 2.75) is 44.7 Å². The molecule has 0 aliphatic carbocycles. The van der Waals surface area contributed by atoms with E-state index in [0.29, 0.717) is 17.7 Å². The molecule has 7 heteroatoms. The molecular weight excluding hydrogens is 374 g/mol. The Morgan fingerprint density at radius 3 is 2.11 bits per heavy atom. The molecule has 0 fully saturated rings. The fraction of sp³-hybridized carbons (Fsp3) is 0.333. The Balaban J connectivity index is 2.23. The fourth-order valence-electron chi connectivity index (χ4n) is 2.93. The summed E-state index contributed by atoms with van der Waals surface area (Å²) in [7, 11) is -3.60. The molecule has 0 aliphatic rings. The molecule has 1 unspecified atom stereocenters. The largest absolute Gasteiger partial charge is 0.332 e. The molecule has 28 heavy (non-hydrogen) atoms. The Morgan fingerprint density at radius 2 is 1.64 bits per heavy atom. The van der Waals surface area contributed by atoms with Gasteiger partial charge in [-0.25, -0.2) is 13.1 Å². The van der Waals surface area contributed by atoms with Crippen molar-refractivity contribution in [1.82, 2.24) is 9.62 Å². The van der Waals surface area contributed by atoms with Crippen molar-refractivity contribution in [1.29, 1.82) is 5.26 Å². The number of nitrogens with zero attached hydrogens (tertiary/aromatic N) is 2. The number of carbonyl (C=O) groups is 1. The van der Waals surface area contributed by atoms with Gasteiger partial charge >= 0.3 is 0 Å². The van der Waals surface area contributed by atoms with Crippen LogP contribution in [-0.2, 0) is 10.0 Å². The van der Waals surface area contributed by atoms with E-state index in [-0.39, 0.29) is 22.9 Å². The smallest absolute Gasteiger partial charge is 0.254 e. The van der Waals surface area contributed by atoms with E-state index in [1.807, 2.05) is 26.0 Å². The lowest BCUT2D eigenvalue weighted by atomic mass is 10.0. The number of sulfonamides is 1. The molecule has 0 radical (unpaired) electrons. The van der Waals surface area contributed by atoms with Crippen LogP contribution in [0.2, 0.25) is 0 Å². The number of rotatable bonds is 7. The standard InChI is InChI=1S/C21H25N3O3S/c1-5-24(16(4)18-8-6-17(14-22)7-9-18)21(25)19-10-12-20(13-11-19)28(26,27)23-15(2)3/h6-13,15-16,23H,5H2,1-4H3. The SMILES string of the molecule is CCN(C(=O)c1ccc(S(=O)(=O)NC(C)C)cc1)C(C)c1ccc(C#N)cc1. The van der Waals surface area contributed by atoms with Gasteiger partial charge in [0, 0.05) is 18.2 Å². The average Bonchev–Trinajstić information content (AvgIpc) is 2.67. The van der Waals surface area contributed by atoms with Crippen molar-refractivity contribution in [3.8, 4) is 6.07 Å². The highest BCUT2D eigenvalue weighted by atomic mass is 32.2. The first-order chi connectivity index (χ1) is 13.2. The molecule has 0 saturated carbocycles. The van der Waals surface area contributed by atoms with Crippen LogP contribution in [0.4, 0.5) is 0 Å². The summed E-state index contributed by atoms with van der Waals surface area (Å²) < 4.78 is 27.0. The third-order valence-electron chi connectivity index (χ3n) is 4.39. The predicted octanol–water partition coefficient (Wildman–Crippen LogP) is 3.47. The Morgan fingerprint density at radius 1 is 1.07 bits per heavy atom. The van der Waals surface area contributed by atoms with Crippen molar-refractivity contribution in [2.75, 3.05) is 6.54 Å². The highest BCUT2D eigenvalue weighted by molar-refractivity contribution is 7.89. The predicted molar refractivity (Wildman–Crippen MR) is 108 cm³/mol. The van der Waals surface area contributed by atoms with Crippen LogP contribution in [0, 0.1) is 11.3 Å². The summed E-state index contributed by atoms with van der Waals surface area (Å²) >= 11 is 0. The van der Waals surface area contributed by atoms with E-state index in [0.717, 1.165) is 5.56 Å². The second kappa shape index (κ2) is 9.00. The van der Waals surface area contributed by atoms with Crippen LogP contribution in [0.1, 0.15) is 55.2 Å². The second-order valence-electron chi connectivity index (χ2n) is 6.80. The summed E-state index contributed by atoms with van der Waals surface area (Å²) in [5, 5.41) is 8.93. The lowest BCUT2D eigenvalue weighted by Crippen LogP contribution is -2.33. The van der Waals surface area contributed by atoms with Gasteiger partial charge in [0.1, 0.15) is 0 Å². The summed E-state index contributed by atoms with van der Waals surface area (Å²) in [6.07, 6.45) is 0. The van der Waals surface area contributed by atoms with Crippen molar-refractivity contribution < 1.29 is 13.2 Å². The highest BCUT2D eigenvalue weighted by Crippen LogP contribution is 2.23. The van der Waals surface area contributed by atoms with Gasteiger partial charge in [0.15, 0.2) is 0 Å². The minimum absolute atomic E-state index is 0.126. The lowest BCUT2D eigenvalue weighted by Gasteiger charge is -2.28. The Bertz CT molecular complexity index is 959. The number of nitrogens with one attached hydrogen (secondary N) is 1. The van der Waals surface area contributed by atoms with Gasteiger partial charge in [-0.15, -0.1) is 0 Å². The number of amides is 1. The molecule has 1 amide bonds. The van der Waals surface area contributed by atoms with E-state index < -0.39 is 10.0 Å². The molecule has 2 aromatic rings. The molecule has 2 aromatic carbocycles. The summed E-state index contributed by atoms with van der Waals surface area (Å²) in [5.74, 6) is -0.180. The second-order valence-corrected chi connectivity index (χ2v) is 8.52. The van der Waals surface area contributed by atoms with Gasteiger partial charge in [0.25, 0.3) is 5.91 Å². The van der Waals surface area contributed by atoms with Gasteiger partial charge in [-0.2, -0.15) is 5.26 Å². The van der Waals surface area contributed by atoms with E-state index in [1.54, 1.807) is 30.9 Å². The molecule has 0 heterocycles. The van der Waals surface area contributed by atoms with Crippen LogP contribution in [0.5, 0.6) is 0 Å². The number of hydrogen-bond donors (Lipinski definition) is 1. The Labute approximate surface area is 166 Å². The minimum atomic E-state index is -3.60. The first kappa shape index (κ1) is 21.6. The molecular formula is C21H25N3O3S. The van der Waals surface area contributed by atoms with Crippen molar-refractivity contribution in [3.63, 3.8) is 0 Å². The Kier molecular flexibility index (Phi) is 6.95. The zero-order valence-corrected chi connectivity index (χ0v) is 17.3. The van der Waals surface area contributed by atoms with E-state index >= 15 is 0 Å². The van der Waals surface area contributed by atoms with Crippen LogP contribution >= 0.6 is 0 Å². The molecule has 1 N–H and O–H groups in total. The maximum atomic E-state index is 13.0. The Hall–Kier alpha value is -2.69. The van der Waals surface area contributed by atoms with Crippen LogP contribution in [0.3, 0.4) is 0 Å².